The number of methoxy groups -OCH3 is 1. The van der Waals surface area contributed by atoms with E-state index in [-0.39, 0.29) is 5.56 Å². The van der Waals surface area contributed by atoms with Crippen molar-refractivity contribution in [2.75, 3.05) is 24.4 Å². The molecule has 0 bridgehead atoms. The summed E-state index contributed by atoms with van der Waals surface area (Å²) in [6.45, 7) is -0.231. The molecule has 160 valence electrons. The fraction of sp³-hybridized carbons (Fsp3) is 0.136. The molecule has 0 unspecified atom stereocenters. The maximum absolute atomic E-state index is 12.4. The first-order valence-electron chi connectivity index (χ1n) is 9.32. The molecule has 1 aromatic heterocycles. The van der Waals surface area contributed by atoms with E-state index >= 15 is 0 Å². The normalized spacial score (nSPS) is 10.1. The summed E-state index contributed by atoms with van der Waals surface area (Å²) in [5, 5.41) is 7.68. The van der Waals surface area contributed by atoms with Crippen LogP contribution in [0.1, 0.15) is 16.1 Å². The fourth-order valence-electron chi connectivity index (χ4n) is 2.62. The largest absolute Gasteiger partial charge is 0.497 e. The van der Waals surface area contributed by atoms with Gasteiger partial charge >= 0.3 is 12.0 Å². The van der Waals surface area contributed by atoms with Crippen molar-refractivity contribution >= 4 is 29.3 Å². The molecule has 0 aliphatic carbocycles. The molecule has 0 aliphatic rings. The Morgan fingerprint density at radius 3 is 2.45 bits per heavy atom. The van der Waals surface area contributed by atoms with Crippen LogP contribution in [0.5, 0.6) is 5.75 Å². The summed E-state index contributed by atoms with van der Waals surface area (Å²) < 4.78 is 15.3. The van der Waals surface area contributed by atoms with Crippen molar-refractivity contribution in [2.24, 2.45) is 0 Å². The molecule has 3 N–H and O–H groups in total. The third kappa shape index (κ3) is 6.36. The Hall–Kier alpha value is -4.27. The van der Waals surface area contributed by atoms with E-state index in [1.54, 1.807) is 66.9 Å². The Morgan fingerprint density at radius 1 is 0.968 bits per heavy atom. The number of para-hydroxylation sites is 1. The second-order valence-corrected chi connectivity index (χ2v) is 6.29. The van der Waals surface area contributed by atoms with Crippen LogP contribution in [0.4, 0.5) is 16.2 Å². The lowest BCUT2D eigenvalue weighted by Gasteiger charge is -2.11. The van der Waals surface area contributed by atoms with Gasteiger partial charge in [-0.05, 0) is 48.5 Å². The maximum Gasteiger partial charge on any atom is 0.340 e. The number of ether oxygens (including phenoxy) is 2. The summed E-state index contributed by atoms with van der Waals surface area (Å²) in [5.41, 5.74) is 1.26. The minimum Gasteiger partial charge on any atom is -0.497 e. The first-order chi connectivity index (χ1) is 15.0. The van der Waals surface area contributed by atoms with Gasteiger partial charge in [-0.15, -0.1) is 0 Å². The van der Waals surface area contributed by atoms with E-state index in [0.29, 0.717) is 29.4 Å². The number of hydrogen-bond donors (Lipinski definition) is 3. The summed E-state index contributed by atoms with van der Waals surface area (Å²) in [6, 6.07) is 16.1. The SMILES string of the molecule is COc1ccc(NC(=O)NC(=O)COC(=O)c2ccccc2NCc2ccco2)cc1. The molecule has 0 aliphatic heterocycles. The average Bonchev–Trinajstić information content (AvgIpc) is 3.30. The first-order valence-corrected chi connectivity index (χ1v) is 9.32. The Morgan fingerprint density at radius 2 is 1.74 bits per heavy atom. The number of rotatable bonds is 8. The quantitative estimate of drug-likeness (QED) is 0.475. The van der Waals surface area contributed by atoms with E-state index in [4.69, 9.17) is 13.9 Å². The monoisotopic (exact) mass is 423 g/mol. The highest BCUT2D eigenvalue weighted by Gasteiger charge is 2.16. The van der Waals surface area contributed by atoms with Crippen LogP contribution in [0.2, 0.25) is 0 Å². The van der Waals surface area contributed by atoms with Gasteiger partial charge in [0.05, 0.1) is 25.5 Å². The van der Waals surface area contributed by atoms with E-state index in [9.17, 15) is 14.4 Å². The van der Waals surface area contributed by atoms with Gasteiger partial charge in [0.2, 0.25) is 0 Å². The molecule has 3 rings (SSSR count). The molecule has 0 saturated carbocycles. The minimum atomic E-state index is -0.764. The van der Waals surface area contributed by atoms with Crippen LogP contribution in [0.25, 0.3) is 0 Å². The molecule has 9 nitrogen and oxygen atoms in total. The van der Waals surface area contributed by atoms with Crippen LogP contribution in [-0.4, -0.2) is 31.6 Å². The second kappa shape index (κ2) is 10.5. The molecule has 3 amide bonds. The summed E-state index contributed by atoms with van der Waals surface area (Å²) in [5.74, 6) is -0.132. The molecule has 0 atom stereocenters. The van der Waals surface area contributed by atoms with Crippen molar-refractivity contribution in [1.82, 2.24) is 5.32 Å². The van der Waals surface area contributed by atoms with Gasteiger partial charge in [0, 0.05) is 11.4 Å². The summed E-state index contributed by atoms with van der Waals surface area (Å²) in [6.07, 6.45) is 1.56. The summed E-state index contributed by atoms with van der Waals surface area (Å²) in [4.78, 5) is 36.2. The van der Waals surface area contributed by atoms with Crippen molar-refractivity contribution < 1.29 is 28.3 Å². The highest BCUT2D eigenvalue weighted by atomic mass is 16.5. The molecule has 3 aromatic rings. The van der Waals surface area contributed by atoms with Gasteiger partial charge in [0.15, 0.2) is 6.61 Å². The molecule has 0 spiro atoms. The Labute approximate surface area is 178 Å². The van der Waals surface area contributed by atoms with Crippen molar-refractivity contribution in [1.29, 1.82) is 0 Å². The van der Waals surface area contributed by atoms with Crippen LogP contribution in [0.3, 0.4) is 0 Å². The third-order valence-electron chi connectivity index (χ3n) is 4.12. The number of carbonyl (C=O) groups is 3. The number of imide groups is 1. The molecular weight excluding hydrogens is 402 g/mol. The van der Waals surface area contributed by atoms with Gasteiger partial charge in [-0.3, -0.25) is 10.1 Å². The van der Waals surface area contributed by atoms with E-state index in [1.165, 1.54) is 7.11 Å². The second-order valence-electron chi connectivity index (χ2n) is 6.29. The number of hydrogen-bond acceptors (Lipinski definition) is 7. The Kier molecular flexibility index (Phi) is 7.26. The van der Waals surface area contributed by atoms with Crippen LogP contribution >= 0.6 is 0 Å². The third-order valence-corrected chi connectivity index (χ3v) is 4.12. The van der Waals surface area contributed by atoms with Gasteiger partial charge < -0.3 is 24.5 Å². The molecular formula is C22H21N3O6. The molecule has 0 saturated heterocycles. The van der Waals surface area contributed by atoms with E-state index in [0.717, 1.165) is 0 Å². The van der Waals surface area contributed by atoms with Gasteiger partial charge in [-0.1, -0.05) is 12.1 Å². The number of benzene rings is 2. The van der Waals surface area contributed by atoms with Crippen molar-refractivity contribution in [3.05, 3.63) is 78.3 Å². The number of urea groups is 1. The smallest absolute Gasteiger partial charge is 0.340 e. The number of carbonyl (C=O) groups excluding carboxylic acids is 3. The molecule has 9 heteroatoms. The molecule has 2 aromatic carbocycles. The molecule has 31 heavy (non-hydrogen) atoms. The van der Waals surface area contributed by atoms with Gasteiger partial charge in [-0.25, -0.2) is 9.59 Å². The zero-order chi connectivity index (χ0) is 22.1. The number of anilines is 2. The predicted octanol–water partition coefficient (Wildman–Crippen LogP) is 3.41. The fourth-order valence-corrected chi connectivity index (χ4v) is 2.62. The number of amides is 3. The lowest BCUT2D eigenvalue weighted by Crippen LogP contribution is -2.37. The minimum absolute atomic E-state index is 0.254. The highest BCUT2D eigenvalue weighted by Crippen LogP contribution is 2.18. The lowest BCUT2D eigenvalue weighted by atomic mass is 10.2. The van der Waals surface area contributed by atoms with Crippen LogP contribution < -0.4 is 20.7 Å². The predicted molar refractivity (Wildman–Crippen MR) is 113 cm³/mol. The average molecular weight is 423 g/mol. The van der Waals surface area contributed by atoms with Crippen molar-refractivity contribution in [2.45, 2.75) is 6.54 Å². The van der Waals surface area contributed by atoms with Gasteiger partial charge in [-0.2, -0.15) is 0 Å². The van der Waals surface area contributed by atoms with Gasteiger partial charge in [0.1, 0.15) is 11.5 Å². The van der Waals surface area contributed by atoms with E-state index < -0.39 is 24.5 Å². The van der Waals surface area contributed by atoms with Gasteiger partial charge in [0.25, 0.3) is 5.91 Å². The summed E-state index contributed by atoms with van der Waals surface area (Å²) >= 11 is 0. The van der Waals surface area contributed by atoms with E-state index in [2.05, 4.69) is 16.0 Å². The zero-order valence-corrected chi connectivity index (χ0v) is 16.7. The standard InChI is InChI=1S/C22H21N3O6/c1-29-16-10-8-15(9-11-16)24-22(28)25-20(26)14-31-21(27)18-6-2-3-7-19(18)23-13-17-5-4-12-30-17/h2-12,23H,13-14H2,1H3,(H2,24,25,26,28). The maximum atomic E-state index is 12.4. The molecule has 0 radical (unpaired) electrons. The molecule has 1 heterocycles. The highest BCUT2D eigenvalue weighted by molar-refractivity contribution is 6.02. The number of nitrogens with one attached hydrogen (secondary N) is 3. The first kappa shape index (κ1) is 21.4. The molecule has 0 fully saturated rings. The van der Waals surface area contributed by atoms with Crippen LogP contribution in [0.15, 0.2) is 71.3 Å². The van der Waals surface area contributed by atoms with Crippen molar-refractivity contribution in [3.8, 4) is 5.75 Å². The van der Waals surface area contributed by atoms with Crippen LogP contribution in [-0.2, 0) is 16.1 Å². The number of esters is 1. The lowest BCUT2D eigenvalue weighted by molar-refractivity contribution is -0.123. The Bertz CT molecular complexity index is 1030. The Balaban J connectivity index is 1.48. The topological polar surface area (TPSA) is 119 Å². The van der Waals surface area contributed by atoms with Crippen LogP contribution in [0, 0.1) is 0 Å². The summed E-state index contributed by atoms with van der Waals surface area (Å²) in [7, 11) is 1.53. The van der Waals surface area contributed by atoms with Crippen molar-refractivity contribution in [3.63, 3.8) is 0 Å². The number of furan rings is 1. The van der Waals surface area contributed by atoms with E-state index in [1.807, 2.05) is 0 Å². The zero-order valence-electron chi connectivity index (χ0n) is 16.7.